The Morgan fingerprint density at radius 2 is 1.70 bits per heavy atom. The molecule has 0 radical (unpaired) electrons. The molecule has 0 unspecified atom stereocenters. The number of ether oxygens (including phenoxy) is 1. The molecule has 1 amide bonds. The summed E-state index contributed by atoms with van der Waals surface area (Å²) in [5, 5.41) is 24.3. The lowest BCUT2D eigenvalue weighted by Crippen LogP contribution is -2.29. The van der Waals surface area contributed by atoms with E-state index < -0.39 is 11.7 Å². The zero-order valence-corrected chi connectivity index (χ0v) is 13.7. The van der Waals surface area contributed by atoms with Crippen molar-refractivity contribution in [3.63, 3.8) is 0 Å². The summed E-state index contributed by atoms with van der Waals surface area (Å²) in [4.78, 5) is 11.6. The molecule has 5 heteroatoms. The Bertz CT molecular complexity index is 773. The summed E-state index contributed by atoms with van der Waals surface area (Å²) in [7, 11) is 0. The van der Waals surface area contributed by atoms with Gasteiger partial charge in [0.2, 0.25) is 0 Å². The third-order valence-corrected chi connectivity index (χ3v) is 3.30. The van der Waals surface area contributed by atoms with Crippen molar-refractivity contribution in [3.05, 3.63) is 41.6 Å². The second-order valence-electron chi connectivity index (χ2n) is 6.26. The third-order valence-electron chi connectivity index (χ3n) is 3.30. The average Bonchev–Trinajstić information content (AvgIpc) is 2.46. The van der Waals surface area contributed by atoms with Gasteiger partial charge in [0, 0.05) is 28.1 Å². The predicted octanol–water partition coefficient (Wildman–Crippen LogP) is 4.05. The number of carbonyl (C=O) groups is 1. The largest absolute Gasteiger partial charge is 0.507 e. The summed E-state index contributed by atoms with van der Waals surface area (Å²) >= 11 is 0. The molecule has 2 rings (SSSR count). The molecule has 23 heavy (non-hydrogen) atoms. The fourth-order valence-electron chi connectivity index (χ4n) is 2.25. The number of aromatic hydroxyl groups is 2. The lowest BCUT2D eigenvalue weighted by atomic mass is 9.98. The highest BCUT2D eigenvalue weighted by Gasteiger charge is 2.16. The van der Waals surface area contributed by atoms with E-state index in [9.17, 15) is 15.0 Å². The van der Waals surface area contributed by atoms with E-state index in [1.54, 1.807) is 52.0 Å². The van der Waals surface area contributed by atoms with Crippen LogP contribution >= 0.6 is 0 Å². The molecule has 2 aromatic carbocycles. The summed E-state index contributed by atoms with van der Waals surface area (Å²) in [6, 6.07) is 7.04. The molecule has 0 saturated heterocycles. The number of hydrogen-bond donors (Lipinski definition) is 3. The van der Waals surface area contributed by atoms with Crippen LogP contribution in [-0.2, 0) is 4.74 Å². The van der Waals surface area contributed by atoms with Crippen molar-refractivity contribution >= 4 is 22.9 Å². The molecule has 0 spiro atoms. The van der Waals surface area contributed by atoms with Gasteiger partial charge in [-0.15, -0.1) is 0 Å². The number of alkyl carbamates (subject to hydrolysis) is 1. The molecule has 0 aliphatic heterocycles. The van der Waals surface area contributed by atoms with E-state index in [1.165, 1.54) is 12.3 Å². The maximum atomic E-state index is 11.6. The number of hydrogen-bond acceptors (Lipinski definition) is 4. The topological polar surface area (TPSA) is 78.8 Å². The van der Waals surface area contributed by atoms with Crippen molar-refractivity contribution in [2.45, 2.75) is 33.3 Å². The van der Waals surface area contributed by atoms with Crippen LogP contribution < -0.4 is 5.32 Å². The van der Waals surface area contributed by atoms with Crippen molar-refractivity contribution < 1.29 is 19.7 Å². The Labute approximate surface area is 135 Å². The standard InChI is InChI=1S/C18H21NO4/c1-11-12(9-10-19-17(22)23-18(2,3)4)16(21)14-8-6-5-7-13(14)15(11)20/h5-10,20-21H,1-4H3,(H,19,22). The van der Waals surface area contributed by atoms with Crippen molar-refractivity contribution in [1.29, 1.82) is 0 Å². The van der Waals surface area contributed by atoms with Crippen molar-refractivity contribution in [1.82, 2.24) is 5.32 Å². The first-order valence-corrected chi connectivity index (χ1v) is 7.30. The minimum atomic E-state index is -0.587. The van der Waals surface area contributed by atoms with Gasteiger partial charge in [0.25, 0.3) is 0 Å². The quantitative estimate of drug-likeness (QED) is 0.730. The first-order chi connectivity index (χ1) is 10.7. The van der Waals surface area contributed by atoms with Crippen LogP contribution in [0.1, 0.15) is 31.9 Å². The molecule has 0 fully saturated rings. The van der Waals surface area contributed by atoms with Crippen molar-refractivity contribution in [2.24, 2.45) is 0 Å². The zero-order valence-electron chi connectivity index (χ0n) is 13.7. The number of phenolic OH excluding ortho intramolecular Hbond substituents is 2. The SMILES string of the molecule is Cc1c(C=CNC(=O)OC(C)(C)C)c(O)c2ccccc2c1O. The second-order valence-corrected chi connectivity index (χ2v) is 6.26. The van der Waals surface area contributed by atoms with Gasteiger partial charge in [-0.05, 0) is 33.8 Å². The number of benzene rings is 2. The van der Waals surface area contributed by atoms with Gasteiger partial charge < -0.3 is 14.9 Å². The Morgan fingerprint density at radius 3 is 2.26 bits per heavy atom. The minimum absolute atomic E-state index is 0.0538. The molecule has 0 bridgehead atoms. The van der Waals surface area contributed by atoms with Crippen LogP contribution in [-0.4, -0.2) is 21.9 Å². The lowest BCUT2D eigenvalue weighted by molar-refractivity contribution is 0.0553. The molecule has 0 aliphatic carbocycles. The molecule has 0 aromatic heterocycles. The maximum absolute atomic E-state index is 11.6. The van der Waals surface area contributed by atoms with Gasteiger partial charge in [-0.25, -0.2) is 4.79 Å². The van der Waals surface area contributed by atoms with E-state index >= 15 is 0 Å². The lowest BCUT2D eigenvalue weighted by Gasteiger charge is -2.18. The summed E-state index contributed by atoms with van der Waals surface area (Å²) in [5.74, 6) is 0.161. The van der Waals surface area contributed by atoms with Crippen LogP contribution in [0.5, 0.6) is 11.5 Å². The Morgan fingerprint density at radius 1 is 1.13 bits per heavy atom. The van der Waals surface area contributed by atoms with E-state index in [-0.39, 0.29) is 11.5 Å². The van der Waals surface area contributed by atoms with Gasteiger partial charge in [-0.1, -0.05) is 24.3 Å². The van der Waals surface area contributed by atoms with E-state index in [4.69, 9.17) is 4.74 Å². The smallest absolute Gasteiger partial charge is 0.411 e. The van der Waals surface area contributed by atoms with E-state index in [0.29, 0.717) is 21.9 Å². The first kappa shape index (κ1) is 16.7. The average molecular weight is 315 g/mol. The van der Waals surface area contributed by atoms with Crippen molar-refractivity contribution in [3.8, 4) is 11.5 Å². The molecule has 2 aromatic rings. The van der Waals surface area contributed by atoms with E-state index in [2.05, 4.69) is 5.32 Å². The Hall–Kier alpha value is -2.69. The molecule has 3 N–H and O–H groups in total. The summed E-state index contributed by atoms with van der Waals surface area (Å²) in [6.07, 6.45) is 2.32. The fraction of sp³-hybridized carbons (Fsp3) is 0.278. The molecule has 0 saturated carbocycles. The zero-order chi connectivity index (χ0) is 17.2. The molecule has 0 heterocycles. The van der Waals surface area contributed by atoms with Crippen LogP contribution in [0.15, 0.2) is 30.5 Å². The number of fused-ring (bicyclic) bond motifs is 1. The molecular formula is C18H21NO4. The van der Waals surface area contributed by atoms with Crippen LogP contribution in [0.4, 0.5) is 4.79 Å². The van der Waals surface area contributed by atoms with Gasteiger partial charge >= 0.3 is 6.09 Å². The van der Waals surface area contributed by atoms with Crippen molar-refractivity contribution in [2.75, 3.05) is 0 Å². The molecule has 0 aliphatic rings. The Kier molecular flexibility index (Phi) is 4.50. The van der Waals surface area contributed by atoms with Gasteiger partial charge in [0.05, 0.1) is 0 Å². The molecule has 5 nitrogen and oxygen atoms in total. The van der Waals surface area contributed by atoms with Crippen LogP contribution in [0.25, 0.3) is 16.8 Å². The summed E-state index contributed by atoms with van der Waals surface area (Å²) in [5.41, 5.74) is 0.387. The first-order valence-electron chi connectivity index (χ1n) is 7.30. The molecular weight excluding hydrogens is 294 g/mol. The second kappa shape index (κ2) is 6.20. The van der Waals surface area contributed by atoms with Gasteiger partial charge in [-0.3, -0.25) is 5.32 Å². The highest BCUT2D eigenvalue weighted by atomic mass is 16.6. The fourth-order valence-corrected chi connectivity index (χ4v) is 2.25. The number of rotatable bonds is 2. The van der Waals surface area contributed by atoms with Crippen LogP contribution in [0.2, 0.25) is 0 Å². The number of carbonyl (C=O) groups excluding carboxylic acids is 1. The number of amides is 1. The van der Waals surface area contributed by atoms with Gasteiger partial charge in [0.1, 0.15) is 17.1 Å². The molecule has 0 atom stereocenters. The molecule has 122 valence electrons. The van der Waals surface area contributed by atoms with Crippen LogP contribution in [0, 0.1) is 6.92 Å². The highest BCUT2D eigenvalue weighted by Crippen LogP contribution is 2.39. The Balaban J connectivity index is 2.30. The normalized spacial score (nSPS) is 11.8. The minimum Gasteiger partial charge on any atom is -0.507 e. The number of nitrogens with one attached hydrogen (secondary N) is 1. The van der Waals surface area contributed by atoms with Gasteiger partial charge in [-0.2, -0.15) is 0 Å². The third kappa shape index (κ3) is 3.74. The number of phenols is 2. The van der Waals surface area contributed by atoms with E-state index in [1.807, 2.05) is 0 Å². The highest BCUT2D eigenvalue weighted by molar-refractivity contribution is 5.97. The predicted molar refractivity (Wildman–Crippen MR) is 90.4 cm³/mol. The monoisotopic (exact) mass is 315 g/mol. The van der Waals surface area contributed by atoms with Crippen LogP contribution in [0.3, 0.4) is 0 Å². The summed E-state index contributed by atoms with van der Waals surface area (Å²) in [6.45, 7) is 7.02. The maximum Gasteiger partial charge on any atom is 0.411 e. The van der Waals surface area contributed by atoms with E-state index in [0.717, 1.165) is 0 Å². The van der Waals surface area contributed by atoms with Gasteiger partial charge in [0.15, 0.2) is 0 Å². The summed E-state index contributed by atoms with van der Waals surface area (Å²) < 4.78 is 5.12.